The van der Waals surface area contributed by atoms with Crippen LogP contribution in [0, 0.1) is 5.82 Å². The highest BCUT2D eigenvalue weighted by molar-refractivity contribution is 7.90. The molecule has 0 amide bonds. The zero-order valence-electron chi connectivity index (χ0n) is 16.8. The number of carboxylic acids is 2. The van der Waals surface area contributed by atoms with Crippen molar-refractivity contribution in [3.8, 4) is 11.3 Å². The molecule has 0 saturated heterocycles. The number of aliphatic carboxylic acids is 2. The van der Waals surface area contributed by atoms with E-state index in [1.807, 2.05) is 0 Å². The summed E-state index contributed by atoms with van der Waals surface area (Å²) < 4.78 is 40.3. The Balaban J connectivity index is 0.000000390. The van der Waals surface area contributed by atoms with Gasteiger partial charge in [-0.25, -0.2) is 26.4 Å². The molecule has 0 unspecified atom stereocenters. The number of hydrogen-bond donors (Lipinski definition) is 3. The molecular formula is C21H20FN3O6S. The SMILES string of the molecule is CNCc1cc(-c2ccc(F)cc2)n(S(=O)(=O)c2cccnc2)c1.O=C(O)/C=C/C(=O)O. The fourth-order valence-electron chi connectivity index (χ4n) is 2.58. The Morgan fingerprint density at radius 3 is 2.25 bits per heavy atom. The Bertz CT molecular complexity index is 1190. The van der Waals surface area contributed by atoms with Crippen molar-refractivity contribution in [1.82, 2.24) is 14.3 Å². The summed E-state index contributed by atoms with van der Waals surface area (Å²) in [5, 5.41) is 18.6. The number of carboxylic acid groups (broad SMARTS) is 2. The summed E-state index contributed by atoms with van der Waals surface area (Å²) in [4.78, 5) is 23.1. The predicted octanol–water partition coefficient (Wildman–Crippen LogP) is 2.36. The lowest BCUT2D eigenvalue weighted by Gasteiger charge is -2.10. The standard InChI is InChI=1S/C17H16FN3O2S.C4H4O4/c1-19-10-13-9-17(14-4-6-15(18)7-5-14)21(12-13)24(22,23)16-3-2-8-20-11-16;5-3(6)1-2-4(7)8/h2-9,11-12,19H,10H2,1H3;1-2H,(H,5,6)(H,7,8)/b;2-1+. The number of carbonyl (C=O) groups is 2. The maximum Gasteiger partial charge on any atom is 0.328 e. The summed E-state index contributed by atoms with van der Waals surface area (Å²) in [5.74, 6) is -2.89. The molecule has 0 aliphatic carbocycles. The van der Waals surface area contributed by atoms with Crippen LogP contribution in [0.25, 0.3) is 11.3 Å². The normalized spacial score (nSPS) is 11.1. The quantitative estimate of drug-likeness (QED) is 0.456. The van der Waals surface area contributed by atoms with Gasteiger partial charge in [0.25, 0.3) is 10.0 Å². The summed E-state index contributed by atoms with van der Waals surface area (Å²) >= 11 is 0. The average Bonchev–Trinajstić information content (AvgIpc) is 3.19. The van der Waals surface area contributed by atoms with Crippen molar-refractivity contribution in [3.63, 3.8) is 0 Å². The van der Waals surface area contributed by atoms with Crippen molar-refractivity contribution in [2.45, 2.75) is 11.4 Å². The van der Waals surface area contributed by atoms with Gasteiger partial charge < -0.3 is 15.5 Å². The van der Waals surface area contributed by atoms with Crippen molar-refractivity contribution < 1.29 is 32.6 Å². The zero-order chi connectivity index (χ0) is 23.7. The van der Waals surface area contributed by atoms with Crippen LogP contribution in [-0.2, 0) is 26.2 Å². The molecule has 168 valence electrons. The lowest BCUT2D eigenvalue weighted by atomic mass is 10.1. The number of nitrogens with one attached hydrogen (secondary N) is 1. The molecule has 0 aliphatic rings. The zero-order valence-corrected chi connectivity index (χ0v) is 17.7. The van der Waals surface area contributed by atoms with E-state index < -0.39 is 22.0 Å². The van der Waals surface area contributed by atoms with Crippen LogP contribution in [0.2, 0.25) is 0 Å². The van der Waals surface area contributed by atoms with Gasteiger partial charge in [0.1, 0.15) is 10.7 Å². The van der Waals surface area contributed by atoms with Gasteiger partial charge in [0, 0.05) is 37.3 Å². The molecule has 2 heterocycles. The monoisotopic (exact) mass is 461 g/mol. The van der Waals surface area contributed by atoms with E-state index in [-0.39, 0.29) is 10.7 Å². The third-order valence-corrected chi connectivity index (χ3v) is 5.58. The summed E-state index contributed by atoms with van der Waals surface area (Å²) in [6.45, 7) is 0.518. The van der Waals surface area contributed by atoms with E-state index in [1.54, 1.807) is 37.5 Å². The number of benzene rings is 1. The minimum Gasteiger partial charge on any atom is -0.478 e. The highest BCUT2D eigenvalue weighted by Gasteiger charge is 2.22. The minimum absolute atomic E-state index is 0.0972. The minimum atomic E-state index is -3.79. The first-order valence-electron chi connectivity index (χ1n) is 9.06. The van der Waals surface area contributed by atoms with Gasteiger partial charge in [0.2, 0.25) is 0 Å². The molecule has 3 N–H and O–H groups in total. The Kier molecular flexibility index (Phi) is 8.38. The first-order valence-corrected chi connectivity index (χ1v) is 10.5. The first-order chi connectivity index (χ1) is 15.1. The Morgan fingerprint density at radius 2 is 1.75 bits per heavy atom. The number of hydrogen-bond acceptors (Lipinski definition) is 6. The van der Waals surface area contributed by atoms with Gasteiger partial charge in [-0.2, -0.15) is 0 Å². The molecule has 2 aromatic heterocycles. The van der Waals surface area contributed by atoms with Crippen LogP contribution in [0.5, 0.6) is 0 Å². The van der Waals surface area contributed by atoms with Gasteiger partial charge >= 0.3 is 11.9 Å². The molecule has 0 bridgehead atoms. The highest BCUT2D eigenvalue weighted by Crippen LogP contribution is 2.27. The summed E-state index contributed by atoms with van der Waals surface area (Å²) in [7, 11) is -2.01. The fourth-order valence-corrected chi connectivity index (χ4v) is 3.95. The van der Waals surface area contributed by atoms with Gasteiger partial charge in [0.05, 0.1) is 5.69 Å². The molecule has 0 fully saturated rings. The number of halogens is 1. The molecule has 0 saturated carbocycles. The molecule has 9 nitrogen and oxygen atoms in total. The molecule has 11 heteroatoms. The number of rotatable bonds is 7. The van der Waals surface area contributed by atoms with E-state index in [0.717, 1.165) is 5.56 Å². The van der Waals surface area contributed by atoms with Crippen LogP contribution in [0.1, 0.15) is 5.56 Å². The van der Waals surface area contributed by atoms with Crippen molar-refractivity contribution in [2.75, 3.05) is 7.05 Å². The van der Waals surface area contributed by atoms with Crippen molar-refractivity contribution in [1.29, 1.82) is 0 Å². The number of nitrogens with zero attached hydrogens (tertiary/aromatic N) is 2. The second-order valence-corrected chi connectivity index (χ2v) is 8.09. The van der Waals surface area contributed by atoms with Gasteiger partial charge in [-0.1, -0.05) is 0 Å². The summed E-state index contributed by atoms with van der Waals surface area (Å²) in [5.41, 5.74) is 1.90. The Hall–Kier alpha value is -3.83. The third-order valence-electron chi connectivity index (χ3n) is 3.92. The average molecular weight is 461 g/mol. The molecule has 3 aromatic rings. The topological polar surface area (TPSA) is 139 Å². The molecule has 32 heavy (non-hydrogen) atoms. The van der Waals surface area contributed by atoms with Crippen LogP contribution in [0.3, 0.4) is 0 Å². The van der Waals surface area contributed by atoms with Crippen LogP contribution in [-0.4, -0.2) is 46.6 Å². The van der Waals surface area contributed by atoms with Crippen molar-refractivity contribution >= 4 is 22.0 Å². The largest absolute Gasteiger partial charge is 0.478 e. The van der Waals surface area contributed by atoms with E-state index in [9.17, 15) is 22.4 Å². The Labute approximate surface area is 183 Å². The second-order valence-electron chi connectivity index (χ2n) is 6.27. The van der Waals surface area contributed by atoms with E-state index in [2.05, 4.69) is 10.3 Å². The number of aromatic nitrogens is 2. The van der Waals surface area contributed by atoms with Gasteiger partial charge in [-0.3, -0.25) is 4.98 Å². The molecule has 0 aliphatic heterocycles. The second kappa shape index (κ2) is 11.0. The van der Waals surface area contributed by atoms with E-state index >= 15 is 0 Å². The lowest BCUT2D eigenvalue weighted by molar-refractivity contribution is -0.134. The summed E-state index contributed by atoms with van der Waals surface area (Å²) in [6, 6.07) is 10.6. The molecule has 0 atom stereocenters. The van der Waals surface area contributed by atoms with Crippen molar-refractivity contribution in [2.24, 2.45) is 0 Å². The molecule has 0 radical (unpaired) electrons. The Morgan fingerprint density at radius 1 is 1.12 bits per heavy atom. The maximum absolute atomic E-state index is 13.2. The lowest BCUT2D eigenvalue weighted by Crippen LogP contribution is -2.13. The van der Waals surface area contributed by atoms with Gasteiger partial charge in [0.15, 0.2) is 0 Å². The molecule has 0 spiro atoms. The molecule has 1 aromatic carbocycles. The van der Waals surface area contributed by atoms with Crippen LogP contribution in [0.4, 0.5) is 4.39 Å². The van der Waals surface area contributed by atoms with Gasteiger partial charge in [-0.15, -0.1) is 0 Å². The third kappa shape index (κ3) is 6.59. The van der Waals surface area contributed by atoms with Gasteiger partial charge in [-0.05, 0) is 60.6 Å². The predicted molar refractivity (Wildman–Crippen MR) is 114 cm³/mol. The maximum atomic E-state index is 13.2. The van der Waals surface area contributed by atoms with E-state index in [4.69, 9.17) is 10.2 Å². The molecule has 3 rings (SSSR count). The van der Waals surface area contributed by atoms with E-state index in [1.165, 1.54) is 34.6 Å². The fraction of sp³-hybridized carbons (Fsp3) is 0.0952. The smallest absolute Gasteiger partial charge is 0.328 e. The number of pyridine rings is 1. The van der Waals surface area contributed by atoms with Crippen LogP contribution in [0.15, 0.2) is 78.1 Å². The van der Waals surface area contributed by atoms with Crippen LogP contribution >= 0.6 is 0 Å². The first kappa shape index (κ1) is 24.4. The van der Waals surface area contributed by atoms with E-state index in [0.29, 0.717) is 30.0 Å². The molecular weight excluding hydrogens is 441 g/mol. The van der Waals surface area contributed by atoms with Crippen LogP contribution < -0.4 is 5.32 Å². The summed E-state index contributed by atoms with van der Waals surface area (Å²) in [6.07, 6.45) is 5.51. The van der Waals surface area contributed by atoms with Crippen molar-refractivity contribution in [3.05, 3.63) is 84.6 Å². The highest BCUT2D eigenvalue weighted by atomic mass is 32.2.